The largest absolute Gasteiger partial charge is 0.490 e. The van der Waals surface area contributed by atoms with E-state index in [0.29, 0.717) is 33.0 Å². The molecular formula is C26H21Cl2F2N3O3. The van der Waals surface area contributed by atoms with E-state index in [4.69, 9.17) is 27.9 Å². The second-order valence-corrected chi connectivity index (χ2v) is 8.92. The number of aromatic nitrogens is 3. The Labute approximate surface area is 216 Å². The first-order valence-electron chi connectivity index (χ1n) is 10.8. The van der Waals surface area contributed by atoms with E-state index < -0.39 is 23.3 Å². The molecule has 2 atom stereocenters. The number of benzene rings is 3. The smallest absolute Gasteiger partial charge is 0.146 e. The van der Waals surface area contributed by atoms with Gasteiger partial charge in [0.15, 0.2) is 0 Å². The highest BCUT2D eigenvalue weighted by Crippen LogP contribution is 2.29. The van der Waals surface area contributed by atoms with Crippen LogP contribution in [0, 0.1) is 11.6 Å². The van der Waals surface area contributed by atoms with E-state index in [-0.39, 0.29) is 18.7 Å². The lowest BCUT2D eigenvalue weighted by atomic mass is 9.94. The molecule has 0 saturated heterocycles. The molecule has 1 aromatic heterocycles. The fourth-order valence-corrected chi connectivity index (χ4v) is 4.04. The summed E-state index contributed by atoms with van der Waals surface area (Å²) in [6.07, 6.45) is 5.01. The highest BCUT2D eigenvalue weighted by molar-refractivity contribution is 6.35. The fourth-order valence-electron chi connectivity index (χ4n) is 3.56. The Morgan fingerprint density at radius 3 is 2.50 bits per heavy atom. The SMILES string of the molecule is OC(C=Cc1ccc(Cl)cc1Cl)c1ccc(OCC(O)(Cn2cncn2)c2ccc(F)cc2F)cc1. The van der Waals surface area contributed by atoms with Gasteiger partial charge in [-0.05, 0) is 41.5 Å². The maximum absolute atomic E-state index is 14.5. The molecule has 2 N–H and O–H groups in total. The molecule has 4 rings (SSSR count). The topological polar surface area (TPSA) is 80.4 Å². The Morgan fingerprint density at radius 1 is 1.06 bits per heavy atom. The van der Waals surface area contributed by atoms with Gasteiger partial charge >= 0.3 is 0 Å². The van der Waals surface area contributed by atoms with E-state index in [1.807, 2.05) is 0 Å². The number of aliphatic hydroxyl groups is 2. The van der Waals surface area contributed by atoms with E-state index in [2.05, 4.69) is 10.1 Å². The van der Waals surface area contributed by atoms with E-state index in [0.717, 1.165) is 6.07 Å². The molecule has 10 heteroatoms. The summed E-state index contributed by atoms with van der Waals surface area (Å²) in [6.45, 7) is -0.531. The maximum atomic E-state index is 14.5. The van der Waals surface area contributed by atoms with Crippen LogP contribution in [0.4, 0.5) is 8.78 Å². The lowest BCUT2D eigenvalue weighted by Crippen LogP contribution is -2.39. The molecule has 186 valence electrons. The minimum Gasteiger partial charge on any atom is -0.490 e. The summed E-state index contributed by atoms with van der Waals surface area (Å²) in [5.41, 5.74) is -0.715. The lowest BCUT2D eigenvalue weighted by molar-refractivity contribution is -0.0297. The van der Waals surface area contributed by atoms with Crippen molar-refractivity contribution in [3.8, 4) is 5.75 Å². The average molecular weight is 532 g/mol. The van der Waals surface area contributed by atoms with Gasteiger partial charge in [-0.25, -0.2) is 18.4 Å². The first kappa shape index (κ1) is 25.8. The van der Waals surface area contributed by atoms with Crippen LogP contribution in [0.2, 0.25) is 10.0 Å². The van der Waals surface area contributed by atoms with Gasteiger partial charge < -0.3 is 14.9 Å². The number of rotatable bonds is 9. The summed E-state index contributed by atoms with van der Waals surface area (Å²) < 4.78 is 35.0. The van der Waals surface area contributed by atoms with Crippen LogP contribution in [0.1, 0.15) is 22.8 Å². The summed E-state index contributed by atoms with van der Waals surface area (Å²) in [7, 11) is 0. The highest BCUT2D eigenvalue weighted by Gasteiger charge is 2.34. The number of ether oxygens (including phenoxy) is 1. The lowest BCUT2D eigenvalue weighted by Gasteiger charge is -2.29. The van der Waals surface area contributed by atoms with Crippen LogP contribution in [0.5, 0.6) is 5.75 Å². The van der Waals surface area contributed by atoms with Crippen LogP contribution in [0.3, 0.4) is 0 Å². The van der Waals surface area contributed by atoms with Crippen molar-refractivity contribution < 1.29 is 23.7 Å². The molecule has 0 aliphatic heterocycles. The summed E-state index contributed by atoms with van der Waals surface area (Å²) in [5.74, 6) is -1.30. The molecule has 3 aromatic carbocycles. The van der Waals surface area contributed by atoms with Crippen molar-refractivity contribution in [1.29, 1.82) is 0 Å². The minimum atomic E-state index is -1.87. The monoisotopic (exact) mass is 531 g/mol. The van der Waals surface area contributed by atoms with E-state index >= 15 is 0 Å². The van der Waals surface area contributed by atoms with Gasteiger partial charge in [-0.2, -0.15) is 5.10 Å². The highest BCUT2D eigenvalue weighted by atomic mass is 35.5. The van der Waals surface area contributed by atoms with Crippen molar-refractivity contribution in [3.05, 3.63) is 118 Å². The number of hydrogen-bond donors (Lipinski definition) is 2. The standard InChI is InChI=1S/C26H21Cl2F2N3O3/c27-19-5-1-17(23(28)11-19)4-10-25(34)18-2-7-21(8-3-18)36-14-26(35,13-33-16-31-15-32-33)22-9-6-20(29)12-24(22)30/h1-12,15-16,25,34-35H,13-14H2. The number of hydrogen-bond acceptors (Lipinski definition) is 5. The first-order valence-corrected chi connectivity index (χ1v) is 11.5. The third kappa shape index (κ3) is 6.27. The molecule has 36 heavy (non-hydrogen) atoms. The molecular weight excluding hydrogens is 511 g/mol. The normalized spacial score (nSPS) is 14.1. The molecule has 0 aliphatic carbocycles. The Hall–Kier alpha value is -3.30. The van der Waals surface area contributed by atoms with Gasteiger partial charge in [-0.1, -0.05) is 59.6 Å². The van der Waals surface area contributed by atoms with Crippen molar-refractivity contribution in [2.24, 2.45) is 0 Å². The Bertz CT molecular complexity index is 1350. The molecule has 0 spiro atoms. The third-order valence-corrected chi connectivity index (χ3v) is 6.00. The molecule has 0 aliphatic rings. The summed E-state index contributed by atoms with van der Waals surface area (Å²) >= 11 is 12.1. The van der Waals surface area contributed by atoms with E-state index in [1.165, 1.54) is 23.4 Å². The van der Waals surface area contributed by atoms with Crippen LogP contribution in [0.15, 0.2) is 79.4 Å². The maximum Gasteiger partial charge on any atom is 0.146 e. The molecule has 0 bridgehead atoms. The van der Waals surface area contributed by atoms with Crippen molar-refractivity contribution in [2.75, 3.05) is 6.61 Å². The Balaban J connectivity index is 1.47. The molecule has 0 amide bonds. The molecule has 0 fully saturated rings. The first-order chi connectivity index (χ1) is 17.2. The Morgan fingerprint density at radius 2 is 1.83 bits per heavy atom. The fraction of sp³-hybridized carbons (Fsp3) is 0.154. The molecule has 0 saturated carbocycles. The molecule has 6 nitrogen and oxygen atoms in total. The van der Waals surface area contributed by atoms with Gasteiger partial charge in [-0.15, -0.1) is 0 Å². The van der Waals surface area contributed by atoms with Crippen LogP contribution < -0.4 is 4.74 Å². The van der Waals surface area contributed by atoms with Crippen molar-refractivity contribution >= 4 is 29.3 Å². The summed E-state index contributed by atoms with van der Waals surface area (Å²) in [6, 6.07) is 14.5. The molecule has 4 aromatic rings. The van der Waals surface area contributed by atoms with Crippen molar-refractivity contribution in [1.82, 2.24) is 14.8 Å². The van der Waals surface area contributed by atoms with Crippen molar-refractivity contribution in [2.45, 2.75) is 18.2 Å². The summed E-state index contributed by atoms with van der Waals surface area (Å²) in [5, 5.41) is 26.7. The molecule has 0 radical (unpaired) electrons. The average Bonchev–Trinajstić information content (AvgIpc) is 3.35. The zero-order valence-corrected chi connectivity index (χ0v) is 20.2. The van der Waals surface area contributed by atoms with Gasteiger partial charge in [0.2, 0.25) is 0 Å². The number of nitrogens with zero attached hydrogens (tertiary/aromatic N) is 3. The predicted molar refractivity (Wildman–Crippen MR) is 133 cm³/mol. The number of halogens is 4. The van der Waals surface area contributed by atoms with E-state index in [1.54, 1.807) is 54.6 Å². The third-order valence-electron chi connectivity index (χ3n) is 5.44. The van der Waals surface area contributed by atoms with Gasteiger partial charge in [0.05, 0.1) is 12.6 Å². The second kappa shape index (κ2) is 11.2. The van der Waals surface area contributed by atoms with Gasteiger partial charge in [0.25, 0.3) is 0 Å². The van der Waals surface area contributed by atoms with Crippen LogP contribution in [0.25, 0.3) is 6.08 Å². The van der Waals surface area contributed by atoms with Crippen LogP contribution in [-0.4, -0.2) is 31.6 Å². The van der Waals surface area contributed by atoms with Crippen LogP contribution >= 0.6 is 23.2 Å². The second-order valence-electron chi connectivity index (χ2n) is 8.08. The number of aliphatic hydroxyl groups excluding tert-OH is 1. The van der Waals surface area contributed by atoms with Gasteiger partial charge in [0, 0.05) is 21.7 Å². The van der Waals surface area contributed by atoms with E-state index in [9.17, 15) is 19.0 Å². The summed E-state index contributed by atoms with van der Waals surface area (Å²) in [4.78, 5) is 3.83. The zero-order valence-electron chi connectivity index (χ0n) is 18.7. The van der Waals surface area contributed by atoms with Crippen molar-refractivity contribution in [3.63, 3.8) is 0 Å². The van der Waals surface area contributed by atoms with Crippen LogP contribution in [-0.2, 0) is 12.1 Å². The molecule has 1 heterocycles. The zero-order chi connectivity index (χ0) is 25.7. The quantitative estimate of drug-likeness (QED) is 0.295. The Kier molecular flexibility index (Phi) is 8.01. The predicted octanol–water partition coefficient (Wildman–Crippen LogP) is 5.58. The minimum absolute atomic E-state index is 0.141. The van der Waals surface area contributed by atoms with Gasteiger partial charge in [0.1, 0.15) is 42.2 Å². The molecule has 2 unspecified atom stereocenters. The van der Waals surface area contributed by atoms with Gasteiger partial charge in [-0.3, -0.25) is 0 Å².